The van der Waals surface area contributed by atoms with Crippen LogP contribution in [0, 0.1) is 11.3 Å². The molecule has 0 heterocycles. The molecule has 0 aromatic heterocycles. The zero-order chi connectivity index (χ0) is 17.5. The fourth-order valence-electron chi connectivity index (χ4n) is 1.91. The maximum atomic E-state index is 12.2. The van der Waals surface area contributed by atoms with E-state index < -0.39 is 10.3 Å². The summed E-state index contributed by atoms with van der Waals surface area (Å²) >= 11 is 6.73. The molecule has 0 amide bonds. The van der Waals surface area contributed by atoms with Gasteiger partial charge in [0.25, 0.3) is 0 Å². The maximum absolute atomic E-state index is 12.2. The Bertz CT molecular complexity index is 596. The van der Waals surface area contributed by atoms with Crippen molar-refractivity contribution in [1.29, 1.82) is 5.26 Å². The number of hydrogen-bond acceptors (Lipinski definition) is 6. The van der Waals surface area contributed by atoms with Gasteiger partial charge in [0.2, 0.25) is 0 Å². The van der Waals surface area contributed by atoms with Crippen molar-refractivity contribution in [3.05, 3.63) is 35.9 Å². The monoisotopic (exact) mass is 350 g/mol. The summed E-state index contributed by atoms with van der Waals surface area (Å²) in [5.74, 6) is -0.0735. The molecular formula is C17H22N2O2S2. The van der Waals surface area contributed by atoms with Crippen molar-refractivity contribution in [3.63, 3.8) is 0 Å². The highest BCUT2D eigenvalue weighted by atomic mass is 32.2. The molecule has 0 bridgehead atoms. The number of hydrogen-bond donors (Lipinski definition) is 1. The summed E-state index contributed by atoms with van der Waals surface area (Å²) in [5, 5.41) is 9.51. The molecule has 0 saturated carbocycles. The number of nitriles is 1. The highest BCUT2D eigenvalue weighted by Gasteiger charge is 2.33. The lowest BCUT2D eigenvalue weighted by molar-refractivity contribution is -0.140. The molecule has 1 rings (SSSR count). The molecule has 0 spiro atoms. The summed E-state index contributed by atoms with van der Waals surface area (Å²) in [7, 11) is 0. The van der Waals surface area contributed by atoms with Gasteiger partial charge in [0.15, 0.2) is 5.78 Å². The first-order valence-electron chi connectivity index (χ1n) is 7.31. The van der Waals surface area contributed by atoms with Crippen LogP contribution in [0.5, 0.6) is 0 Å². The van der Waals surface area contributed by atoms with E-state index >= 15 is 0 Å². The Morgan fingerprint density at radius 2 is 1.96 bits per heavy atom. The van der Waals surface area contributed by atoms with Crippen LogP contribution in [0.2, 0.25) is 0 Å². The van der Waals surface area contributed by atoms with E-state index in [-0.39, 0.29) is 18.9 Å². The van der Waals surface area contributed by atoms with Crippen LogP contribution in [0.4, 0.5) is 0 Å². The van der Waals surface area contributed by atoms with Crippen LogP contribution in [-0.4, -0.2) is 27.1 Å². The fourth-order valence-corrected chi connectivity index (χ4v) is 3.51. The Kier molecular flexibility index (Phi) is 7.36. The topological polar surface area (TPSA) is 76.1 Å². The molecule has 1 unspecified atom stereocenters. The summed E-state index contributed by atoms with van der Waals surface area (Å²) in [6.07, 6.45) is 0.638. The van der Waals surface area contributed by atoms with Gasteiger partial charge in [0.1, 0.15) is 10.3 Å². The van der Waals surface area contributed by atoms with Crippen LogP contribution < -0.4 is 5.73 Å². The number of rotatable bonds is 8. The third kappa shape index (κ3) is 6.04. The Morgan fingerprint density at radius 1 is 1.35 bits per heavy atom. The van der Waals surface area contributed by atoms with Gasteiger partial charge in [-0.15, -0.1) is 0 Å². The van der Waals surface area contributed by atoms with Gasteiger partial charge in [-0.3, -0.25) is 4.79 Å². The SMILES string of the molecule is CC(C#N)(CCC(=O)C(C)(C)OCN)SC(=S)c1ccccc1. The van der Waals surface area contributed by atoms with Crippen LogP contribution in [-0.2, 0) is 9.53 Å². The van der Waals surface area contributed by atoms with E-state index in [2.05, 4.69) is 6.07 Å². The van der Waals surface area contributed by atoms with E-state index in [9.17, 15) is 10.1 Å². The number of nitrogens with two attached hydrogens (primary N) is 1. The molecule has 0 radical (unpaired) electrons. The van der Waals surface area contributed by atoms with Crippen molar-refractivity contribution in [2.24, 2.45) is 5.73 Å². The van der Waals surface area contributed by atoms with Gasteiger partial charge in [0, 0.05) is 6.42 Å². The largest absolute Gasteiger partial charge is 0.353 e. The number of carbonyl (C=O) groups excluding carboxylic acids is 1. The van der Waals surface area contributed by atoms with Crippen molar-refractivity contribution >= 4 is 34.0 Å². The van der Waals surface area contributed by atoms with Crippen molar-refractivity contribution in [3.8, 4) is 6.07 Å². The summed E-state index contributed by atoms with van der Waals surface area (Å²) in [5.41, 5.74) is 5.32. The molecule has 1 aromatic carbocycles. The molecule has 23 heavy (non-hydrogen) atoms. The van der Waals surface area contributed by atoms with Crippen LogP contribution >= 0.6 is 24.0 Å². The normalized spacial score (nSPS) is 13.9. The predicted octanol–water partition coefficient (Wildman–Crippen LogP) is 3.44. The first kappa shape index (κ1) is 19.8. The smallest absolute Gasteiger partial charge is 0.164 e. The van der Waals surface area contributed by atoms with Gasteiger partial charge < -0.3 is 10.5 Å². The Labute approximate surface area is 147 Å². The van der Waals surface area contributed by atoms with Crippen LogP contribution in [0.15, 0.2) is 30.3 Å². The zero-order valence-electron chi connectivity index (χ0n) is 13.7. The number of benzene rings is 1. The first-order chi connectivity index (χ1) is 10.7. The molecule has 124 valence electrons. The number of thioether (sulfide) groups is 1. The number of ketones is 1. The third-order valence-electron chi connectivity index (χ3n) is 3.51. The lowest BCUT2D eigenvalue weighted by Crippen LogP contribution is -2.38. The number of thiocarbonyl (C=S) groups is 1. The Hall–Kier alpha value is -1.26. The van der Waals surface area contributed by atoms with Crippen molar-refractivity contribution < 1.29 is 9.53 Å². The van der Waals surface area contributed by atoms with Crippen molar-refractivity contribution in [1.82, 2.24) is 0 Å². The van der Waals surface area contributed by atoms with E-state index in [1.54, 1.807) is 20.8 Å². The second-order valence-electron chi connectivity index (χ2n) is 5.84. The van der Waals surface area contributed by atoms with Crippen LogP contribution in [0.1, 0.15) is 39.2 Å². The van der Waals surface area contributed by atoms with Crippen molar-refractivity contribution in [2.45, 2.75) is 44.0 Å². The summed E-state index contributed by atoms with van der Waals surface area (Å²) in [6, 6.07) is 11.8. The summed E-state index contributed by atoms with van der Waals surface area (Å²) in [6.45, 7) is 5.17. The zero-order valence-corrected chi connectivity index (χ0v) is 15.3. The average molecular weight is 351 g/mol. The van der Waals surface area contributed by atoms with Crippen LogP contribution in [0.25, 0.3) is 0 Å². The minimum absolute atomic E-state index is 0.0128. The first-order valence-corrected chi connectivity index (χ1v) is 8.53. The van der Waals surface area contributed by atoms with E-state index in [0.29, 0.717) is 10.6 Å². The molecule has 6 heteroatoms. The summed E-state index contributed by atoms with van der Waals surface area (Å²) in [4.78, 5) is 12.2. The molecule has 2 N–H and O–H groups in total. The highest BCUT2D eigenvalue weighted by Crippen LogP contribution is 2.33. The fraction of sp³-hybridized carbons (Fsp3) is 0.471. The second-order valence-corrected chi connectivity index (χ2v) is 8.02. The van der Waals surface area contributed by atoms with Gasteiger partial charge in [0.05, 0.1) is 17.0 Å². The van der Waals surface area contributed by atoms with Crippen LogP contribution in [0.3, 0.4) is 0 Å². The molecule has 0 aliphatic rings. The van der Waals surface area contributed by atoms with Crippen molar-refractivity contribution in [2.75, 3.05) is 6.73 Å². The molecular weight excluding hydrogens is 328 g/mol. The predicted molar refractivity (Wildman–Crippen MR) is 98.2 cm³/mol. The quantitative estimate of drug-likeness (QED) is 0.572. The van der Waals surface area contributed by atoms with Gasteiger partial charge in [-0.05, 0) is 32.8 Å². The molecule has 0 aliphatic carbocycles. The average Bonchev–Trinajstić information content (AvgIpc) is 2.53. The van der Waals surface area contributed by atoms with Gasteiger partial charge >= 0.3 is 0 Å². The molecule has 4 nitrogen and oxygen atoms in total. The number of ether oxygens (including phenoxy) is 1. The third-order valence-corrected chi connectivity index (χ3v) is 5.16. The molecule has 0 fully saturated rings. The minimum Gasteiger partial charge on any atom is -0.353 e. The lowest BCUT2D eigenvalue weighted by atomic mass is 9.95. The Morgan fingerprint density at radius 3 is 2.48 bits per heavy atom. The van der Waals surface area contributed by atoms with Gasteiger partial charge in [-0.25, -0.2) is 0 Å². The van der Waals surface area contributed by atoms with E-state index in [1.165, 1.54) is 11.8 Å². The van der Waals surface area contributed by atoms with E-state index in [4.69, 9.17) is 22.7 Å². The molecule has 0 saturated heterocycles. The highest BCUT2D eigenvalue weighted by molar-refractivity contribution is 8.24. The number of nitrogens with zero attached hydrogens (tertiary/aromatic N) is 1. The minimum atomic E-state index is -0.935. The van der Waals surface area contributed by atoms with Gasteiger partial charge in [-0.2, -0.15) is 5.26 Å². The van der Waals surface area contributed by atoms with Gasteiger partial charge in [-0.1, -0.05) is 54.3 Å². The molecule has 1 aromatic rings. The number of carbonyl (C=O) groups is 1. The second kappa shape index (κ2) is 8.55. The Balaban J connectivity index is 2.70. The molecule has 1 atom stereocenters. The van der Waals surface area contributed by atoms with E-state index in [1.807, 2.05) is 30.3 Å². The number of Topliss-reactive ketones (excluding diaryl/α,β-unsaturated/α-hetero) is 1. The lowest BCUT2D eigenvalue weighted by Gasteiger charge is -2.26. The van der Waals surface area contributed by atoms with E-state index in [0.717, 1.165) is 5.56 Å². The molecule has 0 aliphatic heterocycles. The maximum Gasteiger partial charge on any atom is 0.164 e. The standard InChI is InChI=1S/C17H22N2O2S2/c1-16(2,21-12-19)14(20)9-10-17(3,11-18)23-15(22)13-7-5-4-6-8-13/h4-8H,9-10,12,19H2,1-3H3. The summed E-state index contributed by atoms with van der Waals surface area (Å²) < 4.78 is 5.14.